The topological polar surface area (TPSA) is 59.4 Å². The summed E-state index contributed by atoms with van der Waals surface area (Å²) in [5.74, 6) is 0. The zero-order valence-electron chi connectivity index (χ0n) is 12.2. The van der Waals surface area contributed by atoms with Gasteiger partial charge in [0.1, 0.15) is 0 Å². The number of carbonyl (C=O) groups excluding carboxylic acids is 1. The van der Waals surface area contributed by atoms with Gasteiger partial charge in [-0.15, -0.1) is 0 Å². The van der Waals surface area contributed by atoms with Crippen molar-refractivity contribution in [3.63, 3.8) is 0 Å². The van der Waals surface area contributed by atoms with Crippen LogP contribution in [0.25, 0.3) is 0 Å². The van der Waals surface area contributed by atoms with Gasteiger partial charge in [0, 0.05) is 13.2 Å². The Morgan fingerprint density at radius 3 is 1.83 bits per heavy atom. The fraction of sp³-hybridized carbons (Fsp3) is 0.923. The number of rotatable bonds is 11. The normalized spacial score (nSPS) is 9.78. The van der Waals surface area contributed by atoms with Crippen molar-refractivity contribution in [1.82, 2.24) is 0 Å². The summed E-state index contributed by atoms with van der Waals surface area (Å²) in [4.78, 5) is 8.35. The van der Waals surface area contributed by atoms with Crippen molar-refractivity contribution in [2.24, 2.45) is 0 Å². The monoisotopic (exact) mass is 275 g/mol. The first-order valence-electron chi connectivity index (χ1n) is 7.03. The maximum absolute atomic E-state index is 8.35. The largest absolute Gasteiger partial charge is 0.397 e. The SMILES string of the molecule is CCCCCC[SiH](OCCC)OCCC.N=C=O. The summed E-state index contributed by atoms with van der Waals surface area (Å²) in [5, 5.41) is 5.40. The highest BCUT2D eigenvalue weighted by molar-refractivity contribution is 6.44. The third-order valence-corrected chi connectivity index (χ3v) is 4.40. The second-order valence-corrected chi connectivity index (χ2v) is 6.23. The minimum Gasteiger partial charge on any atom is -0.397 e. The molecule has 0 aliphatic heterocycles. The van der Waals surface area contributed by atoms with E-state index < -0.39 is 9.28 Å². The summed E-state index contributed by atoms with van der Waals surface area (Å²) in [6.07, 6.45) is 8.24. The molecule has 0 radical (unpaired) electrons. The summed E-state index contributed by atoms with van der Waals surface area (Å²) >= 11 is 0. The molecule has 0 aromatic carbocycles. The minimum atomic E-state index is -1.31. The van der Waals surface area contributed by atoms with E-state index in [1.165, 1.54) is 31.7 Å². The first-order valence-corrected chi connectivity index (χ1v) is 8.79. The van der Waals surface area contributed by atoms with Crippen molar-refractivity contribution in [3.05, 3.63) is 0 Å². The molecule has 5 heteroatoms. The number of isocyanates is 1. The van der Waals surface area contributed by atoms with Crippen LogP contribution in [0.3, 0.4) is 0 Å². The van der Waals surface area contributed by atoms with Crippen LogP contribution in [-0.4, -0.2) is 28.6 Å². The van der Waals surface area contributed by atoms with Crippen LogP contribution in [0.4, 0.5) is 0 Å². The Morgan fingerprint density at radius 1 is 0.944 bits per heavy atom. The summed E-state index contributed by atoms with van der Waals surface area (Å²) in [6.45, 7) is 8.32. The first kappa shape index (κ1) is 19.8. The lowest BCUT2D eigenvalue weighted by Gasteiger charge is -2.15. The molecule has 18 heavy (non-hydrogen) atoms. The van der Waals surface area contributed by atoms with E-state index >= 15 is 0 Å². The molecule has 0 fully saturated rings. The number of unbranched alkanes of at least 4 members (excludes halogenated alkanes) is 3. The van der Waals surface area contributed by atoms with Crippen LogP contribution in [0.2, 0.25) is 6.04 Å². The van der Waals surface area contributed by atoms with Crippen molar-refractivity contribution in [2.45, 2.75) is 65.3 Å². The molecular weight excluding hydrogens is 246 g/mol. The Morgan fingerprint density at radius 2 is 1.44 bits per heavy atom. The number of hydrogen-bond acceptors (Lipinski definition) is 4. The fourth-order valence-electron chi connectivity index (χ4n) is 1.45. The molecule has 0 unspecified atom stereocenters. The van der Waals surface area contributed by atoms with Gasteiger partial charge in [-0.05, 0) is 18.9 Å². The second kappa shape index (κ2) is 18.9. The molecule has 0 bridgehead atoms. The van der Waals surface area contributed by atoms with Gasteiger partial charge >= 0.3 is 9.28 Å². The first-order chi connectivity index (χ1) is 8.76. The molecule has 0 rings (SSSR count). The molecule has 0 aliphatic carbocycles. The van der Waals surface area contributed by atoms with E-state index in [0.717, 1.165) is 32.1 Å². The van der Waals surface area contributed by atoms with Gasteiger partial charge in [0.25, 0.3) is 0 Å². The van der Waals surface area contributed by atoms with E-state index in [2.05, 4.69) is 20.8 Å². The van der Waals surface area contributed by atoms with E-state index in [0.29, 0.717) is 0 Å². The average Bonchev–Trinajstić information content (AvgIpc) is 2.38. The molecule has 0 spiro atoms. The highest BCUT2D eigenvalue weighted by atomic mass is 28.3. The molecule has 0 aliphatic rings. The molecule has 1 N–H and O–H groups in total. The molecule has 0 saturated carbocycles. The van der Waals surface area contributed by atoms with E-state index in [1.807, 2.05) is 0 Å². The Hall–Kier alpha value is -0.483. The smallest absolute Gasteiger partial charge is 0.321 e. The van der Waals surface area contributed by atoms with E-state index in [4.69, 9.17) is 19.1 Å². The van der Waals surface area contributed by atoms with E-state index in [9.17, 15) is 0 Å². The number of hydrogen-bond donors (Lipinski definition) is 1. The Bertz CT molecular complexity index is 177. The molecule has 0 saturated heterocycles. The lowest BCUT2D eigenvalue weighted by molar-refractivity contribution is 0.195. The second-order valence-electron chi connectivity index (χ2n) is 4.12. The van der Waals surface area contributed by atoms with Gasteiger partial charge in [-0.2, -0.15) is 0 Å². The summed E-state index contributed by atoms with van der Waals surface area (Å²) in [5.41, 5.74) is 0. The maximum Gasteiger partial charge on any atom is 0.321 e. The van der Waals surface area contributed by atoms with Gasteiger partial charge in [0.2, 0.25) is 6.08 Å². The standard InChI is InChI=1S/C12H28O2Si.CHNO/c1-4-7-8-9-12-15(13-10-5-2)14-11-6-3;2-1-3/h15H,4-12H2,1-3H3;2H. The van der Waals surface area contributed by atoms with Crippen LogP contribution in [0.5, 0.6) is 0 Å². The molecular formula is C13H29NO3Si. The van der Waals surface area contributed by atoms with Crippen LogP contribution >= 0.6 is 0 Å². The van der Waals surface area contributed by atoms with Gasteiger partial charge in [-0.1, -0.05) is 46.5 Å². The quantitative estimate of drug-likeness (QED) is 0.271. The van der Waals surface area contributed by atoms with Crippen LogP contribution in [0.1, 0.15) is 59.3 Å². The van der Waals surface area contributed by atoms with Crippen LogP contribution in [0.15, 0.2) is 0 Å². The lowest BCUT2D eigenvalue weighted by Crippen LogP contribution is -2.23. The van der Waals surface area contributed by atoms with Gasteiger partial charge in [0.05, 0.1) is 0 Å². The maximum atomic E-state index is 8.35. The highest BCUT2D eigenvalue weighted by Gasteiger charge is 2.11. The molecule has 0 heterocycles. The Kier molecular flexibility index (Phi) is 20.8. The van der Waals surface area contributed by atoms with Crippen molar-refractivity contribution in [1.29, 1.82) is 5.41 Å². The zero-order chi connectivity index (χ0) is 14.1. The zero-order valence-corrected chi connectivity index (χ0v) is 13.3. The average molecular weight is 275 g/mol. The third kappa shape index (κ3) is 17.9. The third-order valence-electron chi connectivity index (χ3n) is 2.31. The highest BCUT2D eigenvalue weighted by Crippen LogP contribution is 2.08. The van der Waals surface area contributed by atoms with Gasteiger partial charge in [-0.3, -0.25) is 0 Å². The van der Waals surface area contributed by atoms with Crippen molar-refractivity contribution in [3.8, 4) is 0 Å². The van der Waals surface area contributed by atoms with Crippen molar-refractivity contribution in [2.75, 3.05) is 13.2 Å². The van der Waals surface area contributed by atoms with Crippen LogP contribution in [-0.2, 0) is 13.6 Å². The van der Waals surface area contributed by atoms with Crippen molar-refractivity contribution >= 4 is 15.4 Å². The van der Waals surface area contributed by atoms with E-state index in [-0.39, 0.29) is 0 Å². The minimum absolute atomic E-state index is 0.750. The molecule has 0 amide bonds. The van der Waals surface area contributed by atoms with E-state index in [1.54, 1.807) is 0 Å². The van der Waals surface area contributed by atoms with Gasteiger partial charge in [0.15, 0.2) is 0 Å². The Balaban J connectivity index is 0. The van der Waals surface area contributed by atoms with Crippen molar-refractivity contribution < 1.29 is 13.6 Å². The van der Waals surface area contributed by atoms with Gasteiger partial charge < -0.3 is 8.85 Å². The molecule has 0 aromatic rings. The molecule has 0 aromatic heterocycles. The molecule has 108 valence electrons. The molecule has 0 atom stereocenters. The van der Waals surface area contributed by atoms with Gasteiger partial charge in [-0.25, -0.2) is 10.2 Å². The summed E-state index contributed by atoms with van der Waals surface area (Å²) in [6, 6.07) is 1.19. The predicted molar refractivity (Wildman–Crippen MR) is 77.0 cm³/mol. The Labute approximate surface area is 113 Å². The van der Waals surface area contributed by atoms with Crippen LogP contribution in [0, 0.1) is 5.41 Å². The van der Waals surface area contributed by atoms with Crippen LogP contribution < -0.4 is 0 Å². The lowest BCUT2D eigenvalue weighted by atomic mass is 10.2. The number of nitrogens with one attached hydrogen (secondary N) is 1. The molecule has 4 nitrogen and oxygen atoms in total. The summed E-state index contributed by atoms with van der Waals surface area (Å²) in [7, 11) is -1.31. The summed E-state index contributed by atoms with van der Waals surface area (Å²) < 4.78 is 11.6. The fourth-order valence-corrected chi connectivity index (χ4v) is 3.50. The predicted octanol–water partition coefficient (Wildman–Crippen LogP) is 3.54.